The molecule has 0 N–H and O–H groups in total. The lowest BCUT2D eigenvalue weighted by Crippen LogP contribution is -2.14. The van der Waals surface area contributed by atoms with E-state index in [-0.39, 0.29) is 11.0 Å². The van der Waals surface area contributed by atoms with Crippen LogP contribution in [0.1, 0.15) is 28.4 Å². The van der Waals surface area contributed by atoms with Crippen molar-refractivity contribution < 1.29 is 4.79 Å². The molecule has 0 amide bonds. The Kier molecular flexibility index (Phi) is 4.19. The fourth-order valence-electron chi connectivity index (χ4n) is 1.69. The van der Waals surface area contributed by atoms with Gasteiger partial charge in [0.05, 0.1) is 5.25 Å². The van der Waals surface area contributed by atoms with E-state index in [2.05, 4.69) is 4.98 Å². The number of thiazole rings is 1. The molecule has 2 aromatic rings. The smallest absolute Gasteiger partial charge is 0.176 e. The fourth-order valence-corrected chi connectivity index (χ4v) is 3.53. The minimum atomic E-state index is -0.100. The van der Waals surface area contributed by atoms with E-state index in [9.17, 15) is 4.79 Å². The number of aryl methyl sites for hydroxylation is 2. The van der Waals surface area contributed by atoms with Crippen molar-refractivity contribution in [3.8, 4) is 0 Å². The highest BCUT2D eigenvalue weighted by atomic mass is 32.2. The summed E-state index contributed by atoms with van der Waals surface area (Å²) in [5.74, 6) is 0.177. The summed E-state index contributed by atoms with van der Waals surface area (Å²) in [5.41, 5.74) is 2.99. The summed E-state index contributed by atoms with van der Waals surface area (Å²) in [6.45, 7) is 5.93. The van der Waals surface area contributed by atoms with E-state index in [4.69, 9.17) is 0 Å². The van der Waals surface area contributed by atoms with Gasteiger partial charge in [-0.3, -0.25) is 4.79 Å². The van der Waals surface area contributed by atoms with E-state index in [1.807, 2.05) is 44.4 Å². The molecule has 94 valence electrons. The third kappa shape index (κ3) is 3.00. The van der Waals surface area contributed by atoms with Crippen LogP contribution in [-0.4, -0.2) is 16.0 Å². The van der Waals surface area contributed by atoms with E-state index in [1.165, 1.54) is 11.8 Å². The highest BCUT2D eigenvalue weighted by Crippen LogP contribution is 2.28. The highest BCUT2D eigenvalue weighted by Gasteiger charge is 2.19. The molecule has 1 aromatic heterocycles. The molecule has 18 heavy (non-hydrogen) atoms. The Balaban J connectivity index is 2.17. The Labute approximate surface area is 115 Å². The van der Waals surface area contributed by atoms with Gasteiger partial charge >= 0.3 is 0 Å². The molecule has 0 spiro atoms. The lowest BCUT2D eigenvalue weighted by molar-refractivity contribution is 0.0993. The van der Waals surface area contributed by atoms with Crippen LogP contribution in [0.5, 0.6) is 0 Å². The van der Waals surface area contributed by atoms with Crippen LogP contribution in [0.4, 0.5) is 0 Å². The number of thioether (sulfide) groups is 1. The molecule has 0 saturated heterocycles. The van der Waals surface area contributed by atoms with Gasteiger partial charge < -0.3 is 0 Å². The van der Waals surface area contributed by atoms with E-state index in [0.29, 0.717) is 0 Å². The molecule has 2 rings (SSSR count). The van der Waals surface area contributed by atoms with Gasteiger partial charge in [-0.05, 0) is 32.4 Å². The summed E-state index contributed by atoms with van der Waals surface area (Å²) in [6, 6.07) is 6.00. The Morgan fingerprint density at radius 2 is 2.17 bits per heavy atom. The predicted octanol–water partition coefficient (Wildman–Crippen LogP) is 4.12. The Morgan fingerprint density at radius 1 is 1.39 bits per heavy atom. The molecular weight excluding hydrogens is 262 g/mol. The summed E-state index contributed by atoms with van der Waals surface area (Å²) in [4.78, 5) is 16.6. The highest BCUT2D eigenvalue weighted by molar-refractivity contribution is 8.02. The second kappa shape index (κ2) is 5.67. The van der Waals surface area contributed by atoms with Crippen LogP contribution in [0, 0.1) is 13.8 Å². The van der Waals surface area contributed by atoms with Gasteiger partial charge in [-0.1, -0.05) is 29.5 Å². The van der Waals surface area contributed by atoms with Crippen LogP contribution < -0.4 is 0 Å². The van der Waals surface area contributed by atoms with Crippen molar-refractivity contribution in [1.29, 1.82) is 0 Å². The first-order valence-corrected chi connectivity index (χ1v) is 7.51. The van der Waals surface area contributed by atoms with Gasteiger partial charge in [0, 0.05) is 17.1 Å². The number of hydrogen-bond donors (Lipinski definition) is 0. The van der Waals surface area contributed by atoms with Crippen LogP contribution >= 0.6 is 23.1 Å². The Bertz CT molecular complexity index is 549. The van der Waals surface area contributed by atoms with Crippen molar-refractivity contribution in [1.82, 2.24) is 4.98 Å². The summed E-state index contributed by atoms with van der Waals surface area (Å²) in [6.07, 6.45) is 1.77. The third-order valence-corrected chi connectivity index (χ3v) is 4.73. The van der Waals surface area contributed by atoms with Gasteiger partial charge in [0.25, 0.3) is 0 Å². The Hall–Kier alpha value is -1.13. The molecule has 2 nitrogen and oxygen atoms in total. The minimum absolute atomic E-state index is 0.100. The zero-order valence-electron chi connectivity index (χ0n) is 10.6. The zero-order chi connectivity index (χ0) is 13.1. The molecule has 1 heterocycles. The van der Waals surface area contributed by atoms with Crippen molar-refractivity contribution >= 4 is 28.9 Å². The van der Waals surface area contributed by atoms with Crippen LogP contribution in [0.3, 0.4) is 0 Å². The maximum Gasteiger partial charge on any atom is 0.176 e. The molecule has 1 atom stereocenters. The molecule has 1 aromatic carbocycles. The number of carbonyl (C=O) groups excluding carboxylic acids is 1. The van der Waals surface area contributed by atoms with Crippen molar-refractivity contribution in [2.24, 2.45) is 0 Å². The van der Waals surface area contributed by atoms with Crippen molar-refractivity contribution in [2.75, 3.05) is 0 Å². The van der Waals surface area contributed by atoms with Gasteiger partial charge in [0.2, 0.25) is 0 Å². The second-order valence-electron chi connectivity index (χ2n) is 4.24. The predicted molar refractivity (Wildman–Crippen MR) is 77.7 cm³/mol. The number of nitrogens with zero attached hydrogens (tertiary/aromatic N) is 1. The van der Waals surface area contributed by atoms with Gasteiger partial charge in [-0.2, -0.15) is 0 Å². The summed E-state index contributed by atoms with van der Waals surface area (Å²) in [7, 11) is 0. The second-order valence-corrected chi connectivity index (χ2v) is 6.72. The maximum absolute atomic E-state index is 12.4. The monoisotopic (exact) mass is 277 g/mol. The first-order chi connectivity index (χ1) is 8.58. The van der Waals surface area contributed by atoms with Crippen molar-refractivity contribution in [3.05, 3.63) is 46.5 Å². The standard InChI is InChI=1S/C14H15NOS2/c1-9-4-5-10(2)12(8-9)13(16)11(3)18-14-15-6-7-17-14/h4-8,11H,1-3H3. The quantitative estimate of drug-likeness (QED) is 0.622. The third-order valence-electron chi connectivity index (χ3n) is 2.72. The van der Waals surface area contributed by atoms with E-state index in [1.54, 1.807) is 17.5 Å². The number of hydrogen-bond acceptors (Lipinski definition) is 4. The number of Topliss-reactive ketones (excluding diaryl/α,β-unsaturated/α-hetero) is 1. The molecule has 0 bridgehead atoms. The molecule has 0 fully saturated rings. The lowest BCUT2D eigenvalue weighted by atomic mass is 10.0. The lowest BCUT2D eigenvalue weighted by Gasteiger charge is -2.11. The zero-order valence-corrected chi connectivity index (χ0v) is 12.3. The largest absolute Gasteiger partial charge is 0.293 e. The van der Waals surface area contributed by atoms with E-state index >= 15 is 0 Å². The normalized spacial score (nSPS) is 12.4. The number of benzene rings is 1. The van der Waals surface area contributed by atoms with Crippen LogP contribution in [0.2, 0.25) is 0 Å². The summed E-state index contributed by atoms with van der Waals surface area (Å²) >= 11 is 3.10. The molecule has 0 saturated carbocycles. The van der Waals surface area contributed by atoms with Gasteiger partial charge in [-0.15, -0.1) is 11.3 Å². The number of aromatic nitrogens is 1. The van der Waals surface area contributed by atoms with Gasteiger partial charge in [0.15, 0.2) is 5.78 Å². The first kappa shape index (κ1) is 13.3. The Morgan fingerprint density at radius 3 is 2.83 bits per heavy atom. The first-order valence-electron chi connectivity index (χ1n) is 5.75. The SMILES string of the molecule is Cc1ccc(C)c(C(=O)C(C)Sc2nccs2)c1. The molecule has 0 radical (unpaired) electrons. The van der Waals surface area contributed by atoms with Gasteiger partial charge in [-0.25, -0.2) is 4.98 Å². The molecule has 0 aliphatic carbocycles. The average Bonchev–Trinajstić information content (AvgIpc) is 2.84. The van der Waals surface area contributed by atoms with Gasteiger partial charge in [0.1, 0.15) is 4.34 Å². The molecule has 1 unspecified atom stereocenters. The summed E-state index contributed by atoms with van der Waals surface area (Å²) < 4.78 is 0.946. The van der Waals surface area contributed by atoms with Crippen molar-refractivity contribution in [3.63, 3.8) is 0 Å². The number of rotatable bonds is 4. The van der Waals surface area contributed by atoms with Crippen LogP contribution in [-0.2, 0) is 0 Å². The maximum atomic E-state index is 12.4. The van der Waals surface area contributed by atoms with Crippen molar-refractivity contribution in [2.45, 2.75) is 30.4 Å². The van der Waals surface area contributed by atoms with Crippen LogP contribution in [0.25, 0.3) is 0 Å². The molecule has 0 aliphatic rings. The van der Waals surface area contributed by atoms with E-state index in [0.717, 1.165) is 21.0 Å². The topological polar surface area (TPSA) is 30.0 Å². The van der Waals surface area contributed by atoms with Crippen LogP contribution in [0.15, 0.2) is 34.1 Å². The minimum Gasteiger partial charge on any atom is -0.293 e. The number of carbonyl (C=O) groups is 1. The van der Waals surface area contributed by atoms with E-state index < -0.39 is 0 Å². The fraction of sp³-hybridized carbons (Fsp3) is 0.286. The molecular formula is C14H15NOS2. The average molecular weight is 277 g/mol. The summed E-state index contributed by atoms with van der Waals surface area (Å²) in [5, 5.41) is 1.83. The number of ketones is 1. The molecule has 4 heteroatoms. The molecule has 0 aliphatic heterocycles.